The van der Waals surface area contributed by atoms with E-state index < -0.39 is 23.8 Å². The van der Waals surface area contributed by atoms with Crippen LogP contribution in [0.2, 0.25) is 0 Å². The number of phenolic OH excluding ortho intramolecular Hbond substituents is 1. The summed E-state index contributed by atoms with van der Waals surface area (Å²) in [6.07, 6.45) is -0.948. The molecule has 2 aromatic rings. The van der Waals surface area contributed by atoms with Gasteiger partial charge < -0.3 is 19.8 Å². The Hall–Kier alpha value is -3.22. The van der Waals surface area contributed by atoms with Crippen LogP contribution in [0, 0.1) is 0 Å². The molecule has 0 saturated heterocycles. The van der Waals surface area contributed by atoms with Crippen LogP contribution in [0.4, 0.5) is 10.5 Å². The topological polar surface area (TPSA) is 96.3 Å². The van der Waals surface area contributed by atoms with Crippen LogP contribution < -0.4 is 5.06 Å². The van der Waals surface area contributed by atoms with Gasteiger partial charge in [-0.1, -0.05) is 30.3 Å². The molecule has 2 rings (SSSR count). The minimum Gasteiger partial charge on any atom is -0.508 e. The monoisotopic (exact) mass is 373 g/mol. The Morgan fingerprint density at radius 1 is 1.04 bits per heavy atom. The van der Waals surface area contributed by atoms with Gasteiger partial charge >= 0.3 is 12.1 Å². The fourth-order valence-electron chi connectivity index (χ4n) is 2.35. The third kappa shape index (κ3) is 6.22. The predicted octanol–water partition coefficient (Wildman–Crippen LogP) is 3.76. The number of aromatic hydroxyl groups is 1. The highest BCUT2D eigenvalue weighted by Gasteiger charge is 2.31. The maximum Gasteiger partial charge on any atom is 0.533 e. The molecule has 0 unspecified atom stereocenters. The number of aliphatic carboxylic acids is 1. The van der Waals surface area contributed by atoms with Gasteiger partial charge in [0.2, 0.25) is 0 Å². The third-order valence-electron chi connectivity index (χ3n) is 3.51. The van der Waals surface area contributed by atoms with E-state index in [-0.39, 0.29) is 12.2 Å². The van der Waals surface area contributed by atoms with Gasteiger partial charge in [0.1, 0.15) is 11.4 Å². The normalized spacial score (nSPS) is 12.1. The second-order valence-corrected chi connectivity index (χ2v) is 6.94. The van der Waals surface area contributed by atoms with E-state index in [1.54, 1.807) is 63.2 Å². The summed E-state index contributed by atoms with van der Waals surface area (Å²) in [4.78, 5) is 29.4. The Morgan fingerprint density at radius 3 is 2.15 bits per heavy atom. The number of hydrogen-bond donors (Lipinski definition) is 2. The van der Waals surface area contributed by atoms with Crippen LogP contribution in [0.3, 0.4) is 0 Å². The number of carbonyl (C=O) groups excluding carboxylic acids is 1. The molecule has 7 nitrogen and oxygen atoms in total. The summed E-state index contributed by atoms with van der Waals surface area (Å²) in [5.41, 5.74) is 0.276. The molecular formula is C20H23NO6. The number of hydrogen-bond acceptors (Lipinski definition) is 6. The number of hydroxylamine groups is 1. The number of benzene rings is 2. The van der Waals surface area contributed by atoms with Crippen molar-refractivity contribution in [3.63, 3.8) is 0 Å². The Morgan fingerprint density at radius 2 is 1.63 bits per heavy atom. The highest BCUT2D eigenvalue weighted by Crippen LogP contribution is 2.22. The van der Waals surface area contributed by atoms with Crippen LogP contribution in [0.1, 0.15) is 26.3 Å². The van der Waals surface area contributed by atoms with Crippen LogP contribution in [-0.4, -0.2) is 34.0 Å². The number of anilines is 1. The maximum atomic E-state index is 12.2. The van der Waals surface area contributed by atoms with Crippen molar-refractivity contribution in [3.05, 3.63) is 60.2 Å². The van der Waals surface area contributed by atoms with Gasteiger partial charge in [0.05, 0.1) is 5.69 Å². The average molecular weight is 373 g/mol. The lowest BCUT2D eigenvalue weighted by molar-refractivity contribution is -0.140. The molecule has 0 radical (unpaired) electrons. The molecule has 0 aliphatic carbocycles. The van der Waals surface area contributed by atoms with Crippen molar-refractivity contribution in [1.82, 2.24) is 0 Å². The van der Waals surface area contributed by atoms with Crippen LogP contribution in [0.5, 0.6) is 5.75 Å². The smallest absolute Gasteiger partial charge is 0.508 e. The van der Waals surface area contributed by atoms with Gasteiger partial charge in [-0.15, -0.1) is 0 Å². The van der Waals surface area contributed by atoms with Crippen LogP contribution in [0.25, 0.3) is 0 Å². The first-order valence-corrected chi connectivity index (χ1v) is 8.41. The van der Waals surface area contributed by atoms with E-state index in [1.807, 2.05) is 0 Å². The number of ether oxygens (including phenoxy) is 1. The van der Waals surface area contributed by atoms with Gasteiger partial charge in [-0.25, -0.2) is 9.59 Å². The fourth-order valence-corrected chi connectivity index (χ4v) is 2.35. The molecule has 0 aliphatic rings. The molecular weight excluding hydrogens is 350 g/mol. The average Bonchev–Trinajstić information content (AvgIpc) is 2.58. The Balaban J connectivity index is 2.31. The van der Waals surface area contributed by atoms with Crippen molar-refractivity contribution >= 4 is 17.8 Å². The van der Waals surface area contributed by atoms with E-state index >= 15 is 0 Å². The van der Waals surface area contributed by atoms with Crippen LogP contribution in [0.15, 0.2) is 54.6 Å². The number of carboxylic acids is 1. The summed E-state index contributed by atoms with van der Waals surface area (Å²) < 4.78 is 5.16. The van der Waals surface area contributed by atoms with E-state index in [2.05, 4.69) is 0 Å². The largest absolute Gasteiger partial charge is 0.533 e. The van der Waals surface area contributed by atoms with E-state index in [0.717, 1.165) is 5.06 Å². The van der Waals surface area contributed by atoms with E-state index in [4.69, 9.17) is 9.57 Å². The number of carbonyl (C=O) groups is 2. The Labute approximate surface area is 157 Å². The zero-order valence-electron chi connectivity index (χ0n) is 15.5. The molecule has 0 saturated carbocycles. The number of nitrogens with zero attached hydrogens (tertiary/aromatic N) is 1. The first kappa shape index (κ1) is 20.1. The van der Waals surface area contributed by atoms with Gasteiger partial charge in [0.15, 0.2) is 6.04 Å². The van der Waals surface area contributed by atoms with Crippen molar-refractivity contribution < 1.29 is 29.4 Å². The first-order chi connectivity index (χ1) is 12.7. The van der Waals surface area contributed by atoms with Crippen LogP contribution in [-0.2, 0) is 20.8 Å². The minimum absolute atomic E-state index is 0.0489. The highest BCUT2D eigenvalue weighted by atomic mass is 16.8. The van der Waals surface area contributed by atoms with Gasteiger partial charge in [0, 0.05) is 6.42 Å². The second-order valence-electron chi connectivity index (χ2n) is 6.94. The predicted molar refractivity (Wildman–Crippen MR) is 99.5 cm³/mol. The molecule has 0 aliphatic heterocycles. The molecule has 7 heteroatoms. The summed E-state index contributed by atoms with van der Waals surface area (Å²) in [6.45, 7) is 5.06. The molecule has 2 N–H and O–H groups in total. The van der Waals surface area contributed by atoms with Gasteiger partial charge in [0.25, 0.3) is 0 Å². The zero-order chi connectivity index (χ0) is 20.0. The molecule has 0 bridgehead atoms. The van der Waals surface area contributed by atoms with E-state index in [0.29, 0.717) is 11.3 Å². The molecule has 0 spiro atoms. The van der Waals surface area contributed by atoms with Crippen molar-refractivity contribution in [3.8, 4) is 5.75 Å². The van der Waals surface area contributed by atoms with Gasteiger partial charge in [-0.2, -0.15) is 5.06 Å². The number of rotatable bonds is 6. The van der Waals surface area contributed by atoms with Crippen LogP contribution >= 0.6 is 0 Å². The Bertz CT molecular complexity index is 767. The zero-order valence-corrected chi connectivity index (χ0v) is 15.5. The molecule has 2 aromatic carbocycles. The molecule has 144 valence electrons. The fraction of sp³-hybridized carbons (Fsp3) is 0.300. The molecule has 0 fully saturated rings. The molecule has 1 atom stereocenters. The van der Waals surface area contributed by atoms with E-state index in [1.165, 1.54) is 12.1 Å². The Kier molecular flexibility index (Phi) is 6.28. The molecule has 0 heterocycles. The third-order valence-corrected chi connectivity index (χ3v) is 3.51. The lowest BCUT2D eigenvalue weighted by Crippen LogP contribution is -2.45. The molecule has 0 amide bonds. The first-order valence-electron chi connectivity index (χ1n) is 8.41. The van der Waals surface area contributed by atoms with Gasteiger partial charge in [-0.3, -0.25) is 0 Å². The second kappa shape index (κ2) is 8.44. The van der Waals surface area contributed by atoms with Crippen molar-refractivity contribution in [2.45, 2.75) is 38.8 Å². The van der Waals surface area contributed by atoms with Crippen molar-refractivity contribution in [1.29, 1.82) is 0 Å². The lowest BCUT2D eigenvalue weighted by atomic mass is 10.1. The summed E-state index contributed by atoms with van der Waals surface area (Å²) in [7, 11) is 0. The standard InChI is InChI=1S/C20H23NO6/c1-20(2,3)26-19(25)27-21(15-7-5-4-6-8-15)17(18(23)24)13-14-9-11-16(22)12-10-14/h4-12,17,22H,13H2,1-3H3,(H,23,24)/t17-/m1/s1. The lowest BCUT2D eigenvalue weighted by Gasteiger charge is -2.30. The van der Waals surface area contributed by atoms with Crippen molar-refractivity contribution in [2.75, 3.05) is 5.06 Å². The number of carboxylic acid groups (broad SMARTS) is 1. The summed E-state index contributed by atoms with van der Waals surface area (Å²) in [5.74, 6) is -1.09. The molecule has 27 heavy (non-hydrogen) atoms. The highest BCUT2D eigenvalue weighted by molar-refractivity contribution is 5.79. The summed E-state index contributed by atoms with van der Waals surface area (Å²) >= 11 is 0. The number of phenols is 1. The summed E-state index contributed by atoms with van der Waals surface area (Å²) in [5, 5.41) is 20.2. The molecule has 0 aromatic heterocycles. The van der Waals surface area contributed by atoms with E-state index in [9.17, 15) is 19.8 Å². The van der Waals surface area contributed by atoms with Crippen molar-refractivity contribution in [2.24, 2.45) is 0 Å². The van der Waals surface area contributed by atoms with Gasteiger partial charge in [-0.05, 0) is 50.6 Å². The number of para-hydroxylation sites is 1. The quantitative estimate of drug-likeness (QED) is 0.588. The SMILES string of the molecule is CC(C)(C)OC(=O)ON(c1ccccc1)[C@H](Cc1ccc(O)cc1)C(=O)O. The minimum atomic E-state index is -1.19. The maximum absolute atomic E-state index is 12.2. The summed E-state index contributed by atoms with van der Waals surface area (Å²) in [6, 6.07) is 13.4.